The molecule has 0 bridgehead atoms. The van der Waals surface area contributed by atoms with Gasteiger partial charge < -0.3 is 25.4 Å². The van der Waals surface area contributed by atoms with E-state index in [1.165, 1.54) is 30.3 Å². The zero-order valence-corrected chi connectivity index (χ0v) is 16.0. The Morgan fingerprint density at radius 3 is 2.13 bits per heavy atom. The summed E-state index contributed by atoms with van der Waals surface area (Å²) in [5, 5.41) is 31.9. The average molecular weight is 407 g/mol. The second kappa shape index (κ2) is 9.58. The van der Waals surface area contributed by atoms with E-state index in [0.717, 1.165) is 11.6 Å². The summed E-state index contributed by atoms with van der Waals surface area (Å²) >= 11 is 0. The molecule has 7 nitrogen and oxygen atoms in total. The molecule has 3 aromatic rings. The van der Waals surface area contributed by atoms with Gasteiger partial charge >= 0.3 is 0 Å². The van der Waals surface area contributed by atoms with Crippen molar-refractivity contribution in [1.29, 1.82) is 0 Å². The van der Waals surface area contributed by atoms with Gasteiger partial charge in [-0.15, -0.1) is 0 Å². The SMILES string of the molecule is O=C(CNCc1ccccc1)c1ccc(OCC(=O)c2ccc(O)c(O)c2)c(O)c1. The van der Waals surface area contributed by atoms with Crippen LogP contribution in [0.1, 0.15) is 26.3 Å². The van der Waals surface area contributed by atoms with Crippen LogP contribution in [-0.4, -0.2) is 40.0 Å². The highest BCUT2D eigenvalue weighted by Gasteiger charge is 2.13. The lowest BCUT2D eigenvalue weighted by atomic mass is 10.1. The molecule has 0 heterocycles. The molecular formula is C23H21NO6. The predicted octanol–water partition coefficient (Wildman–Crippen LogP) is 3.04. The van der Waals surface area contributed by atoms with Crippen LogP contribution < -0.4 is 10.1 Å². The van der Waals surface area contributed by atoms with Crippen molar-refractivity contribution in [3.63, 3.8) is 0 Å². The van der Waals surface area contributed by atoms with Crippen LogP contribution in [0.3, 0.4) is 0 Å². The standard InChI is InChI=1S/C23H21NO6/c25-18-8-6-17(10-19(18)26)22(29)14-30-23-9-7-16(11-20(23)27)21(28)13-24-12-15-4-2-1-3-5-15/h1-11,24-27H,12-14H2. The number of hydrogen-bond acceptors (Lipinski definition) is 7. The molecule has 7 heteroatoms. The van der Waals surface area contributed by atoms with E-state index in [0.29, 0.717) is 12.1 Å². The van der Waals surface area contributed by atoms with Crippen LogP contribution in [0.25, 0.3) is 0 Å². The minimum absolute atomic E-state index is 0.0557. The number of carbonyl (C=O) groups excluding carboxylic acids is 2. The number of ether oxygens (including phenoxy) is 1. The molecule has 0 spiro atoms. The van der Waals surface area contributed by atoms with Crippen molar-refractivity contribution in [1.82, 2.24) is 5.32 Å². The van der Waals surface area contributed by atoms with Crippen LogP contribution in [0.2, 0.25) is 0 Å². The van der Waals surface area contributed by atoms with E-state index in [9.17, 15) is 24.9 Å². The van der Waals surface area contributed by atoms with Crippen molar-refractivity contribution in [3.05, 3.63) is 83.4 Å². The Morgan fingerprint density at radius 2 is 1.43 bits per heavy atom. The Kier molecular flexibility index (Phi) is 6.67. The molecule has 0 atom stereocenters. The molecule has 0 aliphatic rings. The van der Waals surface area contributed by atoms with Crippen molar-refractivity contribution in [2.75, 3.05) is 13.2 Å². The van der Waals surface area contributed by atoms with E-state index in [4.69, 9.17) is 4.74 Å². The highest BCUT2D eigenvalue weighted by atomic mass is 16.5. The maximum Gasteiger partial charge on any atom is 0.200 e. The predicted molar refractivity (Wildman–Crippen MR) is 110 cm³/mol. The summed E-state index contributed by atoms with van der Waals surface area (Å²) < 4.78 is 5.33. The maximum atomic E-state index is 12.3. The van der Waals surface area contributed by atoms with Gasteiger partial charge in [-0.1, -0.05) is 30.3 Å². The number of aromatic hydroxyl groups is 3. The van der Waals surface area contributed by atoms with Gasteiger partial charge in [0.1, 0.15) is 0 Å². The van der Waals surface area contributed by atoms with Gasteiger partial charge in [-0.2, -0.15) is 0 Å². The van der Waals surface area contributed by atoms with Gasteiger partial charge in [0.05, 0.1) is 6.54 Å². The Bertz CT molecular complexity index is 1050. The highest BCUT2D eigenvalue weighted by Crippen LogP contribution is 2.28. The van der Waals surface area contributed by atoms with Gasteiger partial charge in [-0.05, 0) is 42.0 Å². The summed E-state index contributed by atoms with van der Waals surface area (Å²) in [6.07, 6.45) is 0. The second-order valence-corrected chi connectivity index (χ2v) is 6.61. The third kappa shape index (κ3) is 5.36. The van der Waals surface area contributed by atoms with Crippen molar-refractivity contribution >= 4 is 11.6 Å². The minimum Gasteiger partial charge on any atom is -0.504 e. The van der Waals surface area contributed by atoms with Gasteiger partial charge in [0.15, 0.2) is 41.2 Å². The fourth-order valence-corrected chi connectivity index (χ4v) is 2.75. The molecule has 30 heavy (non-hydrogen) atoms. The zero-order valence-electron chi connectivity index (χ0n) is 16.0. The molecule has 0 saturated carbocycles. The zero-order chi connectivity index (χ0) is 21.5. The molecule has 3 rings (SSSR count). The lowest BCUT2D eigenvalue weighted by molar-refractivity contribution is 0.0917. The summed E-state index contributed by atoms with van der Waals surface area (Å²) in [5.41, 5.74) is 1.53. The van der Waals surface area contributed by atoms with Gasteiger partial charge in [-0.25, -0.2) is 0 Å². The summed E-state index contributed by atoms with van der Waals surface area (Å²) in [5.74, 6) is -1.58. The molecule has 0 saturated heterocycles. The van der Waals surface area contributed by atoms with Gasteiger partial charge in [0.25, 0.3) is 0 Å². The Hall–Kier alpha value is -3.84. The van der Waals surface area contributed by atoms with Crippen LogP contribution in [0.15, 0.2) is 66.7 Å². The Morgan fingerprint density at radius 1 is 0.767 bits per heavy atom. The summed E-state index contributed by atoms with van der Waals surface area (Å²) in [6, 6.07) is 17.6. The first-order valence-corrected chi connectivity index (χ1v) is 9.23. The number of rotatable bonds is 9. The van der Waals surface area contributed by atoms with E-state index in [1.54, 1.807) is 0 Å². The first kappa shape index (κ1) is 20.9. The largest absolute Gasteiger partial charge is 0.504 e. The molecule has 0 unspecified atom stereocenters. The first-order valence-electron chi connectivity index (χ1n) is 9.23. The highest BCUT2D eigenvalue weighted by molar-refractivity contribution is 5.99. The molecule has 4 N–H and O–H groups in total. The third-order valence-electron chi connectivity index (χ3n) is 4.39. The van der Waals surface area contributed by atoms with E-state index in [-0.39, 0.29) is 41.7 Å². The molecule has 0 aliphatic carbocycles. The molecule has 154 valence electrons. The quantitative estimate of drug-likeness (QED) is 0.318. The fourth-order valence-electron chi connectivity index (χ4n) is 2.75. The van der Waals surface area contributed by atoms with Crippen molar-refractivity contribution in [2.24, 2.45) is 0 Å². The fraction of sp³-hybridized carbons (Fsp3) is 0.130. The minimum atomic E-state index is -0.449. The van der Waals surface area contributed by atoms with Crippen LogP contribution >= 0.6 is 0 Å². The summed E-state index contributed by atoms with van der Waals surface area (Å²) in [4.78, 5) is 24.4. The molecule has 0 amide bonds. The number of phenols is 3. The molecular weight excluding hydrogens is 386 g/mol. The molecule has 0 aliphatic heterocycles. The van der Waals surface area contributed by atoms with Crippen LogP contribution in [0.4, 0.5) is 0 Å². The molecule has 0 fully saturated rings. The van der Waals surface area contributed by atoms with Gasteiger partial charge in [0.2, 0.25) is 0 Å². The maximum absolute atomic E-state index is 12.3. The lowest BCUT2D eigenvalue weighted by Crippen LogP contribution is -2.22. The number of ketones is 2. The number of phenolic OH excluding ortho intramolecular Hbond substituents is 3. The Balaban J connectivity index is 1.54. The van der Waals surface area contributed by atoms with Crippen LogP contribution in [0, 0.1) is 0 Å². The normalized spacial score (nSPS) is 10.5. The number of carbonyl (C=O) groups is 2. The number of Topliss-reactive ketones (excluding diaryl/α,β-unsaturated/α-hetero) is 2. The van der Waals surface area contributed by atoms with Crippen molar-refractivity contribution in [3.8, 4) is 23.0 Å². The van der Waals surface area contributed by atoms with Gasteiger partial charge in [0, 0.05) is 17.7 Å². The number of nitrogens with one attached hydrogen (secondary N) is 1. The van der Waals surface area contributed by atoms with Gasteiger partial charge in [-0.3, -0.25) is 9.59 Å². The number of hydrogen-bond donors (Lipinski definition) is 4. The lowest BCUT2D eigenvalue weighted by Gasteiger charge is -2.10. The van der Waals surface area contributed by atoms with Crippen molar-refractivity contribution in [2.45, 2.75) is 6.54 Å². The van der Waals surface area contributed by atoms with E-state index >= 15 is 0 Å². The van der Waals surface area contributed by atoms with Crippen molar-refractivity contribution < 1.29 is 29.6 Å². The molecule has 0 radical (unpaired) electrons. The number of benzene rings is 3. The van der Waals surface area contributed by atoms with E-state index < -0.39 is 11.5 Å². The summed E-state index contributed by atoms with van der Waals surface area (Å²) in [7, 11) is 0. The monoisotopic (exact) mass is 407 g/mol. The van der Waals surface area contributed by atoms with E-state index in [2.05, 4.69) is 5.32 Å². The molecule has 3 aromatic carbocycles. The topological polar surface area (TPSA) is 116 Å². The molecule has 0 aromatic heterocycles. The smallest absolute Gasteiger partial charge is 0.200 e. The second-order valence-electron chi connectivity index (χ2n) is 6.61. The van der Waals surface area contributed by atoms with Crippen LogP contribution in [-0.2, 0) is 6.54 Å². The summed E-state index contributed by atoms with van der Waals surface area (Å²) in [6.45, 7) is 0.274. The first-order chi connectivity index (χ1) is 14.4. The average Bonchev–Trinajstić information content (AvgIpc) is 2.75. The van der Waals surface area contributed by atoms with Crippen LogP contribution in [0.5, 0.6) is 23.0 Å². The Labute approximate surface area is 173 Å². The third-order valence-corrected chi connectivity index (χ3v) is 4.39. The van der Waals surface area contributed by atoms with E-state index in [1.807, 2.05) is 30.3 Å².